The van der Waals surface area contributed by atoms with E-state index in [0.29, 0.717) is 24.4 Å². The normalized spacial score (nSPS) is 14.7. The van der Waals surface area contributed by atoms with Gasteiger partial charge in [-0.3, -0.25) is 5.10 Å². The lowest BCUT2D eigenvalue weighted by Crippen LogP contribution is -2.50. The maximum Gasteiger partial charge on any atom is 0.573 e. The Hall–Kier alpha value is -4.09. The van der Waals surface area contributed by atoms with Gasteiger partial charge in [-0.25, -0.2) is 14.5 Å². The van der Waals surface area contributed by atoms with Crippen LogP contribution in [0.1, 0.15) is 32.4 Å². The van der Waals surface area contributed by atoms with Crippen LogP contribution in [-0.4, -0.2) is 61.0 Å². The largest absolute Gasteiger partial charge is 0.573 e. The molecule has 12 heteroatoms. The monoisotopic (exact) mass is 500 g/mol. The van der Waals surface area contributed by atoms with Crippen LogP contribution < -0.4 is 4.74 Å². The van der Waals surface area contributed by atoms with E-state index in [4.69, 9.17) is 9.84 Å². The van der Waals surface area contributed by atoms with Gasteiger partial charge in [0.25, 0.3) is 0 Å². The first kappa shape index (κ1) is 23.6. The van der Waals surface area contributed by atoms with E-state index in [2.05, 4.69) is 19.9 Å². The van der Waals surface area contributed by atoms with Gasteiger partial charge >= 0.3 is 12.5 Å². The van der Waals surface area contributed by atoms with Crippen molar-refractivity contribution in [2.75, 3.05) is 13.1 Å². The van der Waals surface area contributed by atoms with E-state index in [1.54, 1.807) is 28.2 Å². The minimum atomic E-state index is -4.78. The number of likely N-dealkylation sites (tertiary alicyclic amines) is 1. The Balaban J connectivity index is 1.53. The molecule has 0 atom stereocenters. The van der Waals surface area contributed by atoms with E-state index >= 15 is 0 Å². The van der Waals surface area contributed by atoms with Gasteiger partial charge in [-0.1, -0.05) is 0 Å². The summed E-state index contributed by atoms with van der Waals surface area (Å²) < 4.78 is 48.8. The van der Waals surface area contributed by atoms with Crippen molar-refractivity contribution in [3.8, 4) is 22.6 Å². The van der Waals surface area contributed by atoms with E-state index < -0.39 is 18.1 Å². The number of aromatic nitrogens is 5. The quantitative estimate of drug-likeness (QED) is 0.422. The summed E-state index contributed by atoms with van der Waals surface area (Å²) in [4.78, 5) is 18.6. The Kier molecular flexibility index (Phi) is 5.61. The molecule has 9 nitrogen and oxygen atoms in total. The van der Waals surface area contributed by atoms with Gasteiger partial charge in [-0.15, -0.1) is 13.2 Å². The van der Waals surface area contributed by atoms with Crippen LogP contribution in [0.2, 0.25) is 0 Å². The second-order valence-electron chi connectivity index (χ2n) is 9.47. The molecule has 188 valence electrons. The van der Waals surface area contributed by atoms with Crippen molar-refractivity contribution in [1.29, 1.82) is 0 Å². The van der Waals surface area contributed by atoms with Crippen molar-refractivity contribution in [1.82, 2.24) is 29.9 Å². The summed E-state index contributed by atoms with van der Waals surface area (Å²) in [6.07, 6.45) is -0.0873. The minimum Gasteiger partial charge on any atom is -0.444 e. The molecule has 1 amide bonds. The van der Waals surface area contributed by atoms with Crippen molar-refractivity contribution in [3.05, 3.63) is 54.6 Å². The summed E-state index contributed by atoms with van der Waals surface area (Å²) in [6.45, 7) is 6.26. The zero-order chi connectivity index (χ0) is 25.7. The zero-order valence-electron chi connectivity index (χ0n) is 19.7. The summed E-state index contributed by atoms with van der Waals surface area (Å²) in [5, 5.41) is 12.4. The Morgan fingerprint density at radius 1 is 1.11 bits per heavy atom. The molecule has 1 fully saturated rings. The number of aromatic amines is 1. The molecule has 5 rings (SSSR count). The highest BCUT2D eigenvalue weighted by Gasteiger charge is 2.38. The number of alkyl halides is 3. The van der Waals surface area contributed by atoms with Gasteiger partial charge < -0.3 is 14.4 Å². The topological polar surface area (TPSA) is 98.2 Å². The van der Waals surface area contributed by atoms with Crippen molar-refractivity contribution < 1.29 is 27.4 Å². The molecule has 1 aliphatic heterocycles. The molecule has 4 heterocycles. The molecule has 36 heavy (non-hydrogen) atoms. The molecule has 0 unspecified atom stereocenters. The number of amides is 1. The lowest BCUT2D eigenvalue weighted by Gasteiger charge is -2.39. The number of H-pyrrole nitrogens is 1. The molecule has 0 saturated carbocycles. The first-order chi connectivity index (χ1) is 17.0. The first-order valence-electron chi connectivity index (χ1n) is 11.2. The van der Waals surface area contributed by atoms with Crippen molar-refractivity contribution in [2.24, 2.45) is 0 Å². The maximum atomic E-state index is 12.6. The average molecular weight is 500 g/mol. The van der Waals surface area contributed by atoms with Crippen molar-refractivity contribution in [2.45, 2.75) is 38.7 Å². The molecule has 1 aromatic carbocycles. The molecule has 0 radical (unpaired) electrons. The van der Waals surface area contributed by atoms with Crippen LogP contribution in [0.25, 0.3) is 27.8 Å². The number of hydrogen-bond donors (Lipinski definition) is 1. The Morgan fingerprint density at radius 2 is 1.83 bits per heavy atom. The van der Waals surface area contributed by atoms with Crippen LogP contribution in [0.5, 0.6) is 5.75 Å². The maximum absolute atomic E-state index is 12.6. The lowest BCUT2D eigenvalue weighted by molar-refractivity contribution is -0.274. The number of nitrogens with one attached hydrogen (secondary N) is 1. The van der Waals surface area contributed by atoms with E-state index in [0.717, 1.165) is 22.2 Å². The highest BCUT2D eigenvalue weighted by molar-refractivity contribution is 5.95. The number of rotatable bonds is 4. The zero-order valence-corrected chi connectivity index (χ0v) is 19.7. The molecule has 4 aromatic rings. The van der Waals surface area contributed by atoms with Gasteiger partial charge in [0.1, 0.15) is 11.4 Å². The Labute approximate surface area is 203 Å². The van der Waals surface area contributed by atoms with E-state index in [1.165, 1.54) is 24.3 Å². The fourth-order valence-electron chi connectivity index (χ4n) is 4.09. The summed E-state index contributed by atoms with van der Waals surface area (Å²) >= 11 is 0. The fourth-order valence-corrected chi connectivity index (χ4v) is 4.09. The number of pyridine rings is 1. The van der Waals surface area contributed by atoms with Crippen LogP contribution in [0.3, 0.4) is 0 Å². The molecular weight excluding hydrogens is 477 g/mol. The van der Waals surface area contributed by atoms with Crippen LogP contribution in [0.4, 0.5) is 18.0 Å². The minimum absolute atomic E-state index is 0.0797. The number of ether oxygens (including phenoxy) is 2. The van der Waals surface area contributed by atoms with E-state index in [9.17, 15) is 18.0 Å². The van der Waals surface area contributed by atoms with Crippen LogP contribution >= 0.6 is 0 Å². The number of halogens is 3. The third-order valence-corrected chi connectivity index (χ3v) is 5.64. The van der Waals surface area contributed by atoms with Crippen molar-refractivity contribution >= 4 is 17.1 Å². The van der Waals surface area contributed by atoms with Crippen molar-refractivity contribution in [3.63, 3.8) is 0 Å². The highest BCUT2D eigenvalue weighted by Crippen LogP contribution is 2.38. The van der Waals surface area contributed by atoms with Gasteiger partial charge in [0.2, 0.25) is 0 Å². The molecular formula is C24H23F3N6O3. The number of hydrogen-bond acceptors (Lipinski definition) is 6. The van der Waals surface area contributed by atoms with Gasteiger partial charge in [-0.05, 0) is 56.7 Å². The van der Waals surface area contributed by atoms with E-state index in [1.807, 2.05) is 26.8 Å². The van der Waals surface area contributed by atoms with Gasteiger partial charge in [0.05, 0.1) is 23.0 Å². The standard InChI is InChI=1S/C24H23F3N6O3/c1-23(2,3)36-22(34)32-12-15(13-32)20-19-18(14-10-29-30-11-14)8-9-28-21(19)33(31-20)16-4-6-17(7-5-16)35-24(25,26)27/h4-11,15H,12-13H2,1-3H3,(H,29,30). The predicted octanol–water partition coefficient (Wildman–Crippen LogP) is 5.04. The number of benzene rings is 1. The summed E-state index contributed by atoms with van der Waals surface area (Å²) in [5.41, 5.74) is 2.86. The average Bonchev–Trinajstić information content (AvgIpc) is 3.40. The number of nitrogens with zero attached hydrogens (tertiary/aromatic N) is 5. The third-order valence-electron chi connectivity index (χ3n) is 5.64. The third kappa shape index (κ3) is 4.70. The number of carbonyl (C=O) groups excluding carboxylic acids is 1. The molecule has 1 saturated heterocycles. The van der Waals surface area contributed by atoms with E-state index in [-0.39, 0.29) is 11.7 Å². The Bertz CT molecular complexity index is 1390. The van der Waals surface area contributed by atoms with Gasteiger partial charge in [0.15, 0.2) is 5.65 Å². The molecule has 1 aliphatic rings. The molecule has 3 aromatic heterocycles. The second-order valence-corrected chi connectivity index (χ2v) is 9.47. The summed E-state index contributed by atoms with van der Waals surface area (Å²) in [7, 11) is 0. The summed E-state index contributed by atoms with van der Waals surface area (Å²) in [6, 6.07) is 7.27. The van der Waals surface area contributed by atoms with Crippen LogP contribution in [0.15, 0.2) is 48.9 Å². The predicted molar refractivity (Wildman–Crippen MR) is 124 cm³/mol. The van der Waals surface area contributed by atoms with Crippen LogP contribution in [0, 0.1) is 0 Å². The molecule has 0 bridgehead atoms. The highest BCUT2D eigenvalue weighted by atomic mass is 19.4. The van der Waals surface area contributed by atoms with Gasteiger partial charge in [0, 0.05) is 37.0 Å². The second kappa shape index (κ2) is 8.54. The summed E-state index contributed by atoms with van der Waals surface area (Å²) in [5.74, 6) is -0.411. The molecule has 1 N–H and O–H groups in total. The smallest absolute Gasteiger partial charge is 0.444 e. The van der Waals surface area contributed by atoms with Crippen LogP contribution in [-0.2, 0) is 4.74 Å². The fraction of sp³-hybridized carbons (Fsp3) is 0.333. The number of fused-ring (bicyclic) bond motifs is 1. The molecule has 0 spiro atoms. The SMILES string of the molecule is CC(C)(C)OC(=O)N1CC(c2nn(-c3ccc(OC(F)(F)F)cc3)c3nccc(-c4cn[nH]c4)c23)C1. The lowest BCUT2D eigenvalue weighted by atomic mass is 9.92. The van der Waals surface area contributed by atoms with Gasteiger partial charge in [-0.2, -0.15) is 10.2 Å². The number of carbonyl (C=O) groups is 1. The molecule has 0 aliphatic carbocycles. The Morgan fingerprint density at radius 3 is 2.44 bits per heavy atom. The first-order valence-corrected chi connectivity index (χ1v) is 11.2.